The molecule has 2 rings (SSSR count). The number of hydrogen-bond donors (Lipinski definition) is 1. The molecule has 1 aliphatic rings. The third-order valence-electron chi connectivity index (χ3n) is 3.90. The molecule has 0 fully saturated rings. The monoisotopic (exact) mass is 291 g/mol. The molecule has 0 amide bonds. The van der Waals surface area contributed by atoms with Crippen molar-refractivity contribution in [3.63, 3.8) is 0 Å². The Labute approximate surface area is 129 Å². The van der Waals surface area contributed by atoms with E-state index in [1.54, 1.807) is 0 Å². The van der Waals surface area contributed by atoms with Gasteiger partial charge >= 0.3 is 0 Å². The number of ether oxygens (including phenoxy) is 2. The first-order valence-electron chi connectivity index (χ1n) is 8.46. The second-order valence-corrected chi connectivity index (χ2v) is 5.96. The van der Waals surface area contributed by atoms with E-state index >= 15 is 0 Å². The van der Waals surface area contributed by atoms with Gasteiger partial charge in [0.25, 0.3) is 0 Å². The van der Waals surface area contributed by atoms with Crippen molar-refractivity contribution >= 4 is 5.69 Å². The highest BCUT2D eigenvalue weighted by atomic mass is 16.5. The van der Waals surface area contributed by atoms with Crippen LogP contribution in [0, 0.1) is 0 Å². The average Bonchev–Trinajstić information content (AvgIpc) is 2.72. The first kappa shape index (κ1) is 16.0. The van der Waals surface area contributed by atoms with Crippen molar-refractivity contribution in [3.05, 3.63) is 18.2 Å². The second kappa shape index (κ2) is 8.81. The fourth-order valence-electron chi connectivity index (χ4n) is 2.66. The van der Waals surface area contributed by atoms with Crippen molar-refractivity contribution in [1.29, 1.82) is 0 Å². The minimum atomic E-state index is 0.497. The lowest BCUT2D eigenvalue weighted by atomic mass is 10.1. The van der Waals surface area contributed by atoms with E-state index in [4.69, 9.17) is 9.47 Å². The summed E-state index contributed by atoms with van der Waals surface area (Å²) in [6, 6.07) is 6.66. The van der Waals surface area contributed by atoms with Crippen LogP contribution in [-0.2, 0) is 0 Å². The number of hydrogen-bond acceptors (Lipinski definition) is 3. The molecule has 0 bridgehead atoms. The summed E-state index contributed by atoms with van der Waals surface area (Å²) in [6.07, 6.45) is 8.87. The molecule has 0 saturated carbocycles. The van der Waals surface area contributed by atoms with E-state index < -0.39 is 0 Å². The quantitative estimate of drug-likeness (QED) is 0.683. The lowest BCUT2D eigenvalue weighted by molar-refractivity contribution is 0.297. The molecule has 1 N–H and O–H groups in total. The van der Waals surface area contributed by atoms with Gasteiger partial charge in [0.05, 0.1) is 13.2 Å². The topological polar surface area (TPSA) is 30.5 Å². The van der Waals surface area contributed by atoms with Crippen LogP contribution in [0.15, 0.2) is 18.2 Å². The van der Waals surface area contributed by atoms with E-state index in [2.05, 4.69) is 31.3 Å². The third kappa shape index (κ3) is 5.49. The Morgan fingerprint density at radius 3 is 2.62 bits per heavy atom. The number of rotatable bonds is 8. The number of unbranched alkanes of at least 4 members (excludes halogenated alkanes) is 4. The predicted octanol–water partition coefficient (Wildman–Crippen LogP) is 5.01. The molecular weight excluding hydrogens is 262 g/mol. The Kier molecular flexibility index (Phi) is 6.71. The van der Waals surface area contributed by atoms with Crippen LogP contribution in [0.5, 0.6) is 11.5 Å². The van der Waals surface area contributed by atoms with E-state index in [0.29, 0.717) is 6.04 Å². The molecule has 1 heterocycles. The number of fused-ring (bicyclic) bond motifs is 1. The van der Waals surface area contributed by atoms with Gasteiger partial charge in [-0.25, -0.2) is 0 Å². The zero-order valence-electron chi connectivity index (χ0n) is 13.5. The molecule has 1 aromatic carbocycles. The van der Waals surface area contributed by atoms with Crippen molar-refractivity contribution in [2.24, 2.45) is 0 Å². The van der Waals surface area contributed by atoms with Crippen molar-refractivity contribution in [1.82, 2.24) is 0 Å². The molecular formula is C18H29NO2. The zero-order valence-corrected chi connectivity index (χ0v) is 13.5. The molecule has 3 heteroatoms. The van der Waals surface area contributed by atoms with Crippen LogP contribution in [0.4, 0.5) is 5.69 Å². The lowest BCUT2D eigenvalue weighted by Crippen LogP contribution is -2.14. The van der Waals surface area contributed by atoms with Gasteiger partial charge < -0.3 is 14.8 Å². The third-order valence-corrected chi connectivity index (χ3v) is 3.90. The minimum absolute atomic E-state index is 0.497. The number of benzene rings is 1. The molecule has 0 aromatic heterocycles. The molecule has 1 aliphatic heterocycles. The van der Waals surface area contributed by atoms with E-state index in [1.807, 2.05) is 6.07 Å². The van der Waals surface area contributed by atoms with Crippen molar-refractivity contribution < 1.29 is 9.47 Å². The van der Waals surface area contributed by atoms with Gasteiger partial charge in [0, 0.05) is 24.2 Å². The summed E-state index contributed by atoms with van der Waals surface area (Å²) in [5.41, 5.74) is 1.13. The van der Waals surface area contributed by atoms with Gasteiger partial charge in [-0.2, -0.15) is 0 Å². The SMILES string of the molecule is CCCCCCCC(C)Nc1ccc2c(c1)OCCCO2. The molecule has 0 spiro atoms. The molecule has 0 aliphatic carbocycles. The smallest absolute Gasteiger partial charge is 0.163 e. The van der Waals surface area contributed by atoms with Crippen LogP contribution in [0.3, 0.4) is 0 Å². The van der Waals surface area contributed by atoms with Gasteiger partial charge in [-0.3, -0.25) is 0 Å². The first-order valence-corrected chi connectivity index (χ1v) is 8.46. The summed E-state index contributed by atoms with van der Waals surface area (Å²) < 4.78 is 11.4. The molecule has 1 unspecified atom stereocenters. The standard InChI is InChI=1S/C18H29NO2/c1-3-4-5-6-7-9-15(2)19-16-10-11-17-18(14-16)21-13-8-12-20-17/h10-11,14-15,19H,3-9,12-13H2,1-2H3. The normalized spacial score (nSPS) is 15.3. The predicted molar refractivity (Wildman–Crippen MR) is 88.5 cm³/mol. The van der Waals surface area contributed by atoms with Crippen LogP contribution in [0.25, 0.3) is 0 Å². The Morgan fingerprint density at radius 1 is 1.05 bits per heavy atom. The number of nitrogens with one attached hydrogen (secondary N) is 1. The molecule has 0 saturated heterocycles. The largest absolute Gasteiger partial charge is 0.490 e. The van der Waals surface area contributed by atoms with Gasteiger partial charge in [-0.15, -0.1) is 0 Å². The van der Waals surface area contributed by atoms with E-state index in [9.17, 15) is 0 Å². The zero-order chi connectivity index (χ0) is 14.9. The van der Waals surface area contributed by atoms with Crippen LogP contribution < -0.4 is 14.8 Å². The van der Waals surface area contributed by atoms with E-state index in [-0.39, 0.29) is 0 Å². The fraction of sp³-hybridized carbons (Fsp3) is 0.667. The van der Waals surface area contributed by atoms with Crippen molar-refractivity contribution in [3.8, 4) is 11.5 Å². The molecule has 118 valence electrons. The molecule has 3 nitrogen and oxygen atoms in total. The van der Waals surface area contributed by atoms with Crippen molar-refractivity contribution in [2.45, 2.75) is 64.8 Å². The number of anilines is 1. The highest BCUT2D eigenvalue weighted by Gasteiger charge is 2.11. The van der Waals surface area contributed by atoms with Gasteiger partial charge in [0.1, 0.15) is 0 Å². The highest BCUT2D eigenvalue weighted by Crippen LogP contribution is 2.32. The summed E-state index contributed by atoms with van der Waals surface area (Å²) in [7, 11) is 0. The second-order valence-electron chi connectivity index (χ2n) is 5.96. The van der Waals surface area contributed by atoms with Gasteiger partial charge in [0.2, 0.25) is 0 Å². The lowest BCUT2D eigenvalue weighted by Gasteiger charge is -2.16. The summed E-state index contributed by atoms with van der Waals surface area (Å²) in [6.45, 7) is 5.99. The molecule has 21 heavy (non-hydrogen) atoms. The van der Waals surface area contributed by atoms with Gasteiger partial charge in [0.15, 0.2) is 11.5 Å². The highest BCUT2D eigenvalue weighted by molar-refractivity contribution is 5.55. The maximum atomic E-state index is 5.73. The molecule has 1 atom stereocenters. The summed E-state index contributed by atoms with van der Waals surface area (Å²) in [4.78, 5) is 0. The molecule has 0 radical (unpaired) electrons. The van der Waals surface area contributed by atoms with E-state index in [1.165, 1.54) is 38.5 Å². The Balaban J connectivity index is 1.78. The van der Waals surface area contributed by atoms with Crippen LogP contribution in [0.2, 0.25) is 0 Å². The fourth-order valence-corrected chi connectivity index (χ4v) is 2.66. The summed E-state index contributed by atoms with van der Waals surface area (Å²) in [5, 5.41) is 3.57. The molecule has 1 aromatic rings. The average molecular weight is 291 g/mol. The Bertz CT molecular complexity index is 420. The van der Waals surface area contributed by atoms with Gasteiger partial charge in [-0.1, -0.05) is 39.0 Å². The maximum Gasteiger partial charge on any atom is 0.163 e. The summed E-state index contributed by atoms with van der Waals surface area (Å²) in [5.74, 6) is 1.73. The maximum absolute atomic E-state index is 5.73. The van der Waals surface area contributed by atoms with Crippen molar-refractivity contribution in [2.75, 3.05) is 18.5 Å². The van der Waals surface area contributed by atoms with Crippen LogP contribution in [0.1, 0.15) is 58.8 Å². The minimum Gasteiger partial charge on any atom is -0.490 e. The van der Waals surface area contributed by atoms with Crippen LogP contribution >= 0.6 is 0 Å². The van der Waals surface area contributed by atoms with E-state index in [0.717, 1.165) is 36.8 Å². The first-order chi connectivity index (χ1) is 10.3. The summed E-state index contributed by atoms with van der Waals surface area (Å²) >= 11 is 0. The van der Waals surface area contributed by atoms with Crippen LogP contribution in [-0.4, -0.2) is 19.3 Å². The van der Waals surface area contributed by atoms with Gasteiger partial charge in [-0.05, 0) is 25.5 Å². The Hall–Kier alpha value is -1.38. The Morgan fingerprint density at radius 2 is 1.81 bits per heavy atom.